The molecule has 1 amide bonds. The van der Waals surface area contributed by atoms with Crippen LogP contribution in [0.5, 0.6) is 0 Å². The van der Waals surface area contributed by atoms with Crippen LogP contribution in [-0.4, -0.2) is 15.5 Å². The van der Waals surface area contributed by atoms with E-state index in [0.717, 1.165) is 40.2 Å². The zero-order valence-corrected chi connectivity index (χ0v) is 17.7. The summed E-state index contributed by atoms with van der Waals surface area (Å²) in [6, 6.07) is 6.88. The second kappa shape index (κ2) is 9.35. The largest absolute Gasteiger partial charge is 0.292 e. The van der Waals surface area contributed by atoms with Gasteiger partial charge in [-0.3, -0.25) is 19.6 Å². The van der Waals surface area contributed by atoms with E-state index in [0.29, 0.717) is 5.39 Å². The van der Waals surface area contributed by atoms with Crippen LogP contribution in [0.2, 0.25) is 5.02 Å². The number of nitrogens with zero attached hydrogens (tertiary/aromatic N) is 2. The third-order valence-electron chi connectivity index (χ3n) is 4.95. The highest BCUT2D eigenvalue weighted by Crippen LogP contribution is 2.33. The summed E-state index contributed by atoms with van der Waals surface area (Å²) in [5.41, 5.74) is 4.15. The third kappa shape index (κ3) is 4.58. The predicted octanol–water partition coefficient (Wildman–Crippen LogP) is 3.87. The van der Waals surface area contributed by atoms with Gasteiger partial charge in [0, 0.05) is 9.90 Å². The van der Waals surface area contributed by atoms with Crippen LogP contribution in [0.1, 0.15) is 41.8 Å². The number of hydrazine groups is 1. The molecule has 152 valence electrons. The number of aryl methyl sites for hydroxylation is 2. The fourth-order valence-electron chi connectivity index (χ4n) is 3.28. The van der Waals surface area contributed by atoms with Crippen molar-refractivity contribution in [2.75, 3.05) is 0 Å². The van der Waals surface area contributed by atoms with Crippen LogP contribution in [0.3, 0.4) is 0 Å². The molecule has 29 heavy (non-hydrogen) atoms. The van der Waals surface area contributed by atoms with Gasteiger partial charge in [-0.25, -0.2) is 10.8 Å². The number of nitrogens with one attached hydrogen (secondary N) is 1. The van der Waals surface area contributed by atoms with Crippen molar-refractivity contribution in [3.05, 3.63) is 68.6 Å². The molecule has 1 aliphatic carbocycles. The van der Waals surface area contributed by atoms with Crippen LogP contribution in [0, 0.1) is 0 Å². The minimum Gasteiger partial charge on any atom is -0.292 e. The van der Waals surface area contributed by atoms with Crippen molar-refractivity contribution in [2.24, 2.45) is 5.84 Å². The normalized spacial score (nSPS) is 13.8. The Morgan fingerprint density at radius 2 is 2.03 bits per heavy atom. The van der Waals surface area contributed by atoms with Gasteiger partial charge in [0.25, 0.3) is 11.5 Å². The number of halogens is 1. The molecule has 3 N–H and O–H groups in total. The Kier molecular flexibility index (Phi) is 6.84. The molecule has 0 saturated heterocycles. The van der Waals surface area contributed by atoms with Crippen molar-refractivity contribution in [1.82, 2.24) is 15.0 Å². The van der Waals surface area contributed by atoms with E-state index in [-0.39, 0.29) is 5.56 Å². The number of thiophene rings is 1. The van der Waals surface area contributed by atoms with Crippen molar-refractivity contribution in [3.63, 3.8) is 0 Å². The average molecular weight is 431 g/mol. The SMILES string of the molecule is C=Cc1ccc(Cl)cc1.C[C@H](C(=O)NN)n1cnc2sc3c(c2c1=O)CCCC3. The summed E-state index contributed by atoms with van der Waals surface area (Å²) in [4.78, 5) is 30.6. The molecule has 3 aromatic rings. The third-order valence-corrected chi connectivity index (χ3v) is 6.40. The number of amides is 1. The zero-order valence-electron chi connectivity index (χ0n) is 16.2. The number of carbonyl (C=O) groups excluding carboxylic acids is 1. The van der Waals surface area contributed by atoms with E-state index >= 15 is 0 Å². The first-order chi connectivity index (χ1) is 14.0. The Morgan fingerprint density at radius 3 is 2.69 bits per heavy atom. The van der Waals surface area contributed by atoms with Gasteiger partial charge in [-0.15, -0.1) is 11.3 Å². The second-order valence-corrected chi connectivity index (χ2v) is 8.31. The van der Waals surface area contributed by atoms with E-state index in [2.05, 4.69) is 17.0 Å². The molecule has 0 unspecified atom stereocenters. The molecule has 0 fully saturated rings. The first-order valence-corrected chi connectivity index (χ1v) is 10.6. The van der Waals surface area contributed by atoms with Gasteiger partial charge >= 0.3 is 0 Å². The lowest BCUT2D eigenvalue weighted by atomic mass is 9.97. The Hall–Kier alpha value is -2.48. The number of hydrogen-bond donors (Lipinski definition) is 2. The maximum absolute atomic E-state index is 12.6. The molecule has 0 radical (unpaired) electrons. The van der Waals surface area contributed by atoms with Gasteiger partial charge < -0.3 is 0 Å². The van der Waals surface area contributed by atoms with E-state index in [1.54, 1.807) is 24.3 Å². The van der Waals surface area contributed by atoms with Crippen LogP contribution in [-0.2, 0) is 17.6 Å². The molecule has 1 atom stereocenters. The van der Waals surface area contributed by atoms with E-state index in [9.17, 15) is 9.59 Å². The van der Waals surface area contributed by atoms with Crippen LogP contribution >= 0.6 is 22.9 Å². The summed E-state index contributed by atoms with van der Waals surface area (Å²) in [6.45, 7) is 5.25. The minimum atomic E-state index is -0.663. The van der Waals surface area contributed by atoms with Gasteiger partial charge in [0.1, 0.15) is 10.9 Å². The molecule has 0 saturated carbocycles. The number of fused-ring (bicyclic) bond motifs is 3. The smallest absolute Gasteiger partial charge is 0.263 e. The summed E-state index contributed by atoms with van der Waals surface area (Å²) in [5, 5.41) is 1.45. The molecule has 0 spiro atoms. The van der Waals surface area contributed by atoms with Crippen molar-refractivity contribution in [2.45, 2.75) is 38.6 Å². The molecule has 2 heterocycles. The van der Waals surface area contributed by atoms with Gasteiger partial charge in [0.15, 0.2) is 0 Å². The molecule has 4 rings (SSSR count). The summed E-state index contributed by atoms with van der Waals surface area (Å²) in [7, 11) is 0. The Balaban J connectivity index is 0.000000224. The van der Waals surface area contributed by atoms with Crippen molar-refractivity contribution < 1.29 is 4.79 Å². The number of aromatic nitrogens is 2. The summed E-state index contributed by atoms with van der Waals surface area (Å²) in [6.07, 6.45) is 7.44. The Labute approximate surface area is 178 Å². The molecule has 1 aliphatic rings. The van der Waals surface area contributed by atoms with E-state index < -0.39 is 11.9 Å². The molecule has 1 aromatic carbocycles. The second-order valence-electron chi connectivity index (χ2n) is 6.79. The van der Waals surface area contributed by atoms with Crippen molar-refractivity contribution in [3.8, 4) is 0 Å². The van der Waals surface area contributed by atoms with Gasteiger partial charge in [-0.1, -0.05) is 36.4 Å². The highest BCUT2D eigenvalue weighted by Gasteiger charge is 2.22. The Bertz CT molecular complexity index is 1090. The molecular weight excluding hydrogens is 408 g/mol. The quantitative estimate of drug-likeness (QED) is 0.375. The van der Waals surface area contributed by atoms with E-state index in [1.807, 2.05) is 24.3 Å². The lowest BCUT2D eigenvalue weighted by Gasteiger charge is -2.13. The van der Waals surface area contributed by atoms with E-state index in [4.69, 9.17) is 17.4 Å². The van der Waals surface area contributed by atoms with Gasteiger partial charge in [0.2, 0.25) is 0 Å². The minimum absolute atomic E-state index is 0.148. The number of rotatable bonds is 3. The maximum atomic E-state index is 12.6. The number of benzene rings is 1. The number of carbonyl (C=O) groups is 1. The molecular formula is C21H23ClN4O2S. The van der Waals surface area contributed by atoms with Crippen LogP contribution in [0.15, 0.2) is 42.0 Å². The van der Waals surface area contributed by atoms with Crippen LogP contribution in [0.25, 0.3) is 16.3 Å². The first kappa shape index (κ1) is 21.2. The fraction of sp³-hybridized carbons (Fsp3) is 0.286. The lowest BCUT2D eigenvalue weighted by Crippen LogP contribution is -2.39. The van der Waals surface area contributed by atoms with Crippen molar-refractivity contribution >= 4 is 45.1 Å². The molecule has 8 heteroatoms. The zero-order chi connectivity index (χ0) is 21.0. The number of nitrogens with two attached hydrogens (primary N) is 1. The lowest BCUT2D eigenvalue weighted by molar-refractivity contribution is -0.124. The van der Waals surface area contributed by atoms with Gasteiger partial charge in [0.05, 0.1) is 11.7 Å². The van der Waals surface area contributed by atoms with Gasteiger partial charge in [-0.05, 0) is 55.9 Å². The molecule has 6 nitrogen and oxygen atoms in total. The summed E-state index contributed by atoms with van der Waals surface area (Å²) in [5.74, 6) is 4.73. The molecule has 0 bridgehead atoms. The first-order valence-electron chi connectivity index (χ1n) is 9.36. The maximum Gasteiger partial charge on any atom is 0.263 e. The van der Waals surface area contributed by atoms with Crippen LogP contribution in [0.4, 0.5) is 0 Å². The van der Waals surface area contributed by atoms with Crippen molar-refractivity contribution in [1.29, 1.82) is 0 Å². The molecule has 0 aliphatic heterocycles. The fourth-order valence-corrected chi connectivity index (χ4v) is 4.63. The summed E-state index contributed by atoms with van der Waals surface area (Å²) >= 11 is 7.23. The van der Waals surface area contributed by atoms with E-state index in [1.165, 1.54) is 22.2 Å². The highest BCUT2D eigenvalue weighted by molar-refractivity contribution is 7.18. The monoisotopic (exact) mass is 430 g/mol. The van der Waals surface area contributed by atoms with Crippen LogP contribution < -0.4 is 16.8 Å². The molecule has 2 aromatic heterocycles. The Morgan fingerprint density at radius 1 is 1.34 bits per heavy atom. The predicted molar refractivity (Wildman–Crippen MR) is 119 cm³/mol. The average Bonchev–Trinajstić information content (AvgIpc) is 3.13. The standard InChI is InChI=1S/C13H16N4O2S.C8H7Cl/c1-7(11(18)16-14)17-6-15-12-10(13(17)19)8-4-2-3-5-9(8)20-12;1-2-7-3-5-8(9)6-4-7/h6-7H,2-5,14H2,1H3,(H,16,18);2-6H,1H2/t7-;/m1./s1. The summed E-state index contributed by atoms with van der Waals surface area (Å²) < 4.78 is 1.35. The topological polar surface area (TPSA) is 90.0 Å². The number of hydrogen-bond acceptors (Lipinski definition) is 5. The van der Waals surface area contributed by atoms with Gasteiger partial charge in [-0.2, -0.15) is 0 Å². The highest BCUT2D eigenvalue weighted by atomic mass is 35.5.